The SMILES string of the molecule is CCC(CC)C(=O)NC(Cc1ccccc1)C(O)C(=O)N1CSC(C)(C)C1C(=O)NCc1ccccc1C. The van der Waals surface area contributed by atoms with E-state index in [1.165, 1.54) is 16.7 Å². The first-order valence-corrected chi connectivity index (χ1v) is 14.4. The van der Waals surface area contributed by atoms with Crippen LogP contribution >= 0.6 is 11.8 Å². The van der Waals surface area contributed by atoms with Crippen molar-refractivity contribution in [3.63, 3.8) is 0 Å². The number of carbonyl (C=O) groups is 3. The number of thioether (sulfide) groups is 1. The highest BCUT2D eigenvalue weighted by molar-refractivity contribution is 8.00. The van der Waals surface area contributed by atoms with Crippen LogP contribution in [0.4, 0.5) is 0 Å². The molecule has 1 fully saturated rings. The molecule has 7 nitrogen and oxygen atoms in total. The summed E-state index contributed by atoms with van der Waals surface area (Å²) in [6.45, 7) is 10.1. The molecule has 8 heteroatoms. The fraction of sp³-hybridized carbons (Fsp3) is 0.500. The van der Waals surface area contributed by atoms with Crippen molar-refractivity contribution in [1.82, 2.24) is 15.5 Å². The molecule has 3 rings (SSSR count). The quantitative estimate of drug-likeness (QED) is 0.403. The first-order chi connectivity index (χ1) is 18.1. The van der Waals surface area contributed by atoms with Crippen molar-refractivity contribution >= 4 is 29.5 Å². The van der Waals surface area contributed by atoms with Crippen molar-refractivity contribution < 1.29 is 19.5 Å². The number of aryl methyl sites for hydroxylation is 1. The zero-order valence-electron chi connectivity index (χ0n) is 23.1. The van der Waals surface area contributed by atoms with E-state index in [1.807, 2.05) is 89.2 Å². The molecular formula is C30H41N3O4S. The Morgan fingerprint density at radius 2 is 1.68 bits per heavy atom. The molecule has 1 heterocycles. The first-order valence-electron chi connectivity index (χ1n) is 13.4. The minimum absolute atomic E-state index is 0.175. The number of hydrogen-bond donors (Lipinski definition) is 3. The molecule has 1 aliphatic rings. The second kappa shape index (κ2) is 13.3. The van der Waals surface area contributed by atoms with E-state index in [0.29, 0.717) is 25.8 Å². The molecule has 3 unspecified atom stereocenters. The number of benzene rings is 2. The molecular weight excluding hydrogens is 498 g/mol. The lowest BCUT2D eigenvalue weighted by molar-refractivity contribution is -0.148. The Balaban J connectivity index is 1.80. The Morgan fingerprint density at radius 3 is 2.32 bits per heavy atom. The topological polar surface area (TPSA) is 98.7 Å². The minimum atomic E-state index is -1.49. The molecule has 0 bridgehead atoms. The second-order valence-electron chi connectivity index (χ2n) is 10.5. The summed E-state index contributed by atoms with van der Waals surface area (Å²) in [6, 6.07) is 15.7. The van der Waals surface area contributed by atoms with E-state index in [-0.39, 0.29) is 23.6 Å². The summed E-state index contributed by atoms with van der Waals surface area (Å²) in [4.78, 5) is 41.6. The van der Waals surface area contributed by atoms with Gasteiger partial charge in [0.1, 0.15) is 6.04 Å². The zero-order chi connectivity index (χ0) is 27.9. The molecule has 0 radical (unpaired) electrons. The van der Waals surface area contributed by atoms with Crippen LogP contribution in [0.2, 0.25) is 0 Å². The number of nitrogens with zero attached hydrogens (tertiary/aromatic N) is 1. The molecule has 0 aromatic heterocycles. The van der Waals surface area contributed by atoms with Gasteiger partial charge >= 0.3 is 0 Å². The monoisotopic (exact) mass is 539 g/mol. The lowest BCUT2D eigenvalue weighted by atomic mass is 9.95. The number of aliphatic hydroxyl groups is 1. The molecule has 3 N–H and O–H groups in total. The van der Waals surface area contributed by atoms with Gasteiger partial charge in [-0.3, -0.25) is 14.4 Å². The smallest absolute Gasteiger partial charge is 0.254 e. The summed E-state index contributed by atoms with van der Waals surface area (Å²) in [5.41, 5.74) is 2.99. The number of carbonyl (C=O) groups excluding carboxylic acids is 3. The Hall–Kier alpha value is -2.84. The molecule has 38 heavy (non-hydrogen) atoms. The van der Waals surface area contributed by atoms with Crippen LogP contribution in [-0.2, 0) is 27.3 Å². The number of rotatable bonds is 11. The third kappa shape index (κ3) is 7.17. The van der Waals surface area contributed by atoms with Crippen molar-refractivity contribution in [2.24, 2.45) is 5.92 Å². The molecule has 206 valence electrons. The van der Waals surface area contributed by atoms with Crippen molar-refractivity contribution in [2.45, 2.75) is 83.4 Å². The number of hydrogen-bond acceptors (Lipinski definition) is 5. The fourth-order valence-corrected chi connectivity index (χ4v) is 6.05. The molecule has 0 aliphatic carbocycles. The largest absolute Gasteiger partial charge is 0.381 e. The van der Waals surface area contributed by atoms with Gasteiger partial charge in [0.25, 0.3) is 5.91 Å². The molecule has 2 aromatic carbocycles. The summed E-state index contributed by atoms with van der Waals surface area (Å²) in [6.07, 6.45) is 0.151. The molecule has 2 aromatic rings. The van der Waals surface area contributed by atoms with E-state index in [4.69, 9.17) is 0 Å². The van der Waals surface area contributed by atoms with Gasteiger partial charge in [-0.2, -0.15) is 0 Å². The maximum absolute atomic E-state index is 13.7. The Labute approximate surface area is 230 Å². The molecule has 3 atom stereocenters. The van der Waals surface area contributed by atoms with Crippen LogP contribution in [0, 0.1) is 12.8 Å². The molecule has 3 amide bonds. The van der Waals surface area contributed by atoms with Gasteiger partial charge in [-0.15, -0.1) is 11.8 Å². The van der Waals surface area contributed by atoms with Gasteiger partial charge in [-0.25, -0.2) is 0 Å². The van der Waals surface area contributed by atoms with Crippen LogP contribution in [-0.4, -0.2) is 56.5 Å². The maximum atomic E-state index is 13.7. The Bertz CT molecular complexity index is 1100. The molecule has 0 saturated carbocycles. The van der Waals surface area contributed by atoms with Gasteiger partial charge < -0.3 is 20.6 Å². The highest BCUT2D eigenvalue weighted by atomic mass is 32.2. The summed E-state index contributed by atoms with van der Waals surface area (Å²) in [7, 11) is 0. The minimum Gasteiger partial charge on any atom is -0.381 e. The van der Waals surface area contributed by atoms with Gasteiger partial charge in [0.05, 0.1) is 11.9 Å². The van der Waals surface area contributed by atoms with Crippen LogP contribution in [0.25, 0.3) is 0 Å². The third-order valence-corrected chi connectivity index (χ3v) is 8.78. The Kier molecular flexibility index (Phi) is 10.4. The van der Waals surface area contributed by atoms with Gasteiger partial charge in [-0.05, 0) is 56.7 Å². The maximum Gasteiger partial charge on any atom is 0.254 e. The highest BCUT2D eigenvalue weighted by Crippen LogP contribution is 2.40. The normalized spacial score (nSPS) is 18.2. The third-order valence-electron chi connectivity index (χ3n) is 7.41. The number of amides is 3. The lowest BCUT2D eigenvalue weighted by Gasteiger charge is -2.33. The van der Waals surface area contributed by atoms with Crippen molar-refractivity contribution in [2.75, 3.05) is 5.88 Å². The highest BCUT2D eigenvalue weighted by Gasteiger charge is 2.49. The Morgan fingerprint density at radius 1 is 1.05 bits per heavy atom. The van der Waals surface area contributed by atoms with E-state index in [1.54, 1.807) is 0 Å². The van der Waals surface area contributed by atoms with Gasteiger partial charge in [0, 0.05) is 17.2 Å². The van der Waals surface area contributed by atoms with E-state index in [9.17, 15) is 19.5 Å². The standard InChI is InChI=1S/C30H41N3O4S/c1-6-22(7-2)27(35)32-24(17-21-14-9-8-10-15-21)25(34)29(37)33-19-38-30(4,5)26(33)28(36)31-18-23-16-12-11-13-20(23)3/h8-16,22,24-26,34H,6-7,17-19H2,1-5H3,(H,31,36)(H,32,35). The fourth-order valence-electron chi connectivity index (χ4n) is 4.91. The van der Waals surface area contributed by atoms with Gasteiger partial charge in [0.2, 0.25) is 11.8 Å². The van der Waals surface area contributed by atoms with Crippen LogP contribution < -0.4 is 10.6 Å². The second-order valence-corrected chi connectivity index (χ2v) is 12.1. The lowest BCUT2D eigenvalue weighted by Crippen LogP contribution is -2.59. The zero-order valence-corrected chi connectivity index (χ0v) is 23.9. The van der Waals surface area contributed by atoms with Gasteiger partial charge in [0.15, 0.2) is 6.10 Å². The van der Waals surface area contributed by atoms with Gasteiger partial charge in [-0.1, -0.05) is 68.4 Å². The summed E-state index contributed by atoms with van der Waals surface area (Å²) in [5, 5.41) is 17.3. The molecule has 1 saturated heterocycles. The van der Waals surface area contributed by atoms with E-state index in [2.05, 4.69) is 10.6 Å². The summed E-state index contributed by atoms with van der Waals surface area (Å²) in [5.74, 6) is -0.901. The van der Waals surface area contributed by atoms with E-state index in [0.717, 1.165) is 16.7 Å². The van der Waals surface area contributed by atoms with Crippen LogP contribution in [0.1, 0.15) is 57.2 Å². The molecule has 1 aliphatic heterocycles. The predicted molar refractivity (Wildman–Crippen MR) is 152 cm³/mol. The average molecular weight is 540 g/mol. The van der Waals surface area contributed by atoms with Crippen molar-refractivity contribution in [1.29, 1.82) is 0 Å². The summed E-state index contributed by atoms with van der Waals surface area (Å²) >= 11 is 1.50. The van der Waals surface area contributed by atoms with Crippen LogP contribution in [0.5, 0.6) is 0 Å². The molecule has 0 spiro atoms. The van der Waals surface area contributed by atoms with E-state index < -0.39 is 28.8 Å². The van der Waals surface area contributed by atoms with Crippen molar-refractivity contribution in [3.05, 3.63) is 71.3 Å². The van der Waals surface area contributed by atoms with E-state index >= 15 is 0 Å². The number of aliphatic hydroxyl groups excluding tert-OH is 1. The van der Waals surface area contributed by atoms with Crippen LogP contribution in [0.3, 0.4) is 0 Å². The predicted octanol–water partition coefficient (Wildman–Crippen LogP) is 3.82. The number of nitrogens with one attached hydrogen (secondary N) is 2. The van der Waals surface area contributed by atoms with Crippen LogP contribution in [0.15, 0.2) is 54.6 Å². The first kappa shape index (κ1) is 29.7. The average Bonchev–Trinajstić information content (AvgIpc) is 3.23. The summed E-state index contributed by atoms with van der Waals surface area (Å²) < 4.78 is -0.543. The van der Waals surface area contributed by atoms with Crippen molar-refractivity contribution in [3.8, 4) is 0 Å².